The van der Waals surface area contributed by atoms with E-state index in [4.69, 9.17) is 5.73 Å². The second-order valence-electron chi connectivity index (χ2n) is 7.51. The summed E-state index contributed by atoms with van der Waals surface area (Å²) in [5, 5.41) is 7.06. The first-order valence-corrected chi connectivity index (χ1v) is 9.75. The van der Waals surface area contributed by atoms with Crippen LogP contribution in [0.15, 0.2) is 66.9 Å². The first-order chi connectivity index (χ1) is 14.1. The summed E-state index contributed by atoms with van der Waals surface area (Å²) >= 11 is 0. The van der Waals surface area contributed by atoms with Gasteiger partial charge < -0.3 is 11.1 Å². The Balaban J connectivity index is 1.24. The Bertz CT molecular complexity index is 1170. The fourth-order valence-electron chi connectivity index (χ4n) is 3.54. The van der Waals surface area contributed by atoms with Crippen molar-refractivity contribution in [1.82, 2.24) is 14.6 Å². The van der Waals surface area contributed by atoms with Crippen molar-refractivity contribution < 1.29 is 4.79 Å². The van der Waals surface area contributed by atoms with Crippen LogP contribution in [0.5, 0.6) is 0 Å². The van der Waals surface area contributed by atoms with Gasteiger partial charge in [-0.2, -0.15) is 4.98 Å². The third kappa shape index (κ3) is 3.82. The molecule has 0 atom stereocenters. The molecule has 0 spiro atoms. The Labute approximate surface area is 168 Å². The van der Waals surface area contributed by atoms with E-state index in [1.165, 1.54) is 18.4 Å². The van der Waals surface area contributed by atoms with E-state index in [1.807, 2.05) is 54.7 Å². The molecule has 1 fully saturated rings. The number of aromatic nitrogens is 3. The topological polar surface area (TPSA) is 85.3 Å². The average molecular weight is 383 g/mol. The normalized spacial score (nSPS) is 13.5. The van der Waals surface area contributed by atoms with Gasteiger partial charge in [0.25, 0.3) is 0 Å². The van der Waals surface area contributed by atoms with E-state index in [1.54, 1.807) is 4.52 Å². The van der Waals surface area contributed by atoms with Crippen molar-refractivity contribution >= 4 is 23.2 Å². The molecular weight excluding hydrogens is 362 g/mol. The Morgan fingerprint density at radius 3 is 2.52 bits per heavy atom. The number of hydrogen-bond acceptors (Lipinski definition) is 4. The number of nitrogens with one attached hydrogen (secondary N) is 1. The molecule has 144 valence electrons. The van der Waals surface area contributed by atoms with E-state index in [0.717, 1.165) is 28.3 Å². The monoisotopic (exact) mass is 383 g/mol. The Hall–Kier alpha value is -3.67. The van der Waals surface area contributed by atoms with E-state index in [2.05, 4.69) is 27.5 Å². The van der Waals surface area contributed by atoms with E-state index >= 15 is 0 Å². The third-order valence-corrected chi connectivity index (χ3v) is 5.25. The van der Waals surface area contributed by atoms with Gasteiger partial charge in [0.05, 0.1) is 6.42 Å². The smallest absolute Gasteiger partial charge is 0.240 e. The van der Waals surface area contributed by atoms with Crippen molar-refractivity contribution in [2.24, 2.45) is 0 Å². The van der Waals surface area contributed by atoms with Crippen LogP contribution >= 0.6 is 0 Å². The fourth-order valence-corrected chi connectivity index (χ4v) is 3.54. The molecule has 4 aromatic rings. The minimum atomic E-state index is -0.0164. The molecule has 29 heavy (non-hydrogen) atoms. The zero-order chi connectivity index (χ0) is 19.8. The highest BCUT2D eigenvalue weighted by molar-refractivity contribution is 5.92. The molecule has 3 N–H and O–H groups in total. The van der Waals surface area contributed by atoms with Crippen LogP contribution < -0.4 is 11.1 Å². The predicted molar refractivity (Wildman–Crippen MR) is 114 cm³/mol. The molecular formula is C23H21N5O. The summed E-state index contributed by atoms with van der Waals surface area (Å²) in [5.41, 5.74) is 11.6. The molecule has 1 amide bonds. The standard InChI is InChI=1S/C23H21N5O/c24-23-26-21-14-19(11-12-28(21)27-23)18-3-1-15(2-4-18)13-22(29)25-20-9-7-17(8-10-20)16-5-6-16/h1-4,7-12,14,16H,5-6,13H2,(H2,24,27)(H,25,29). The van der Waals surface area contributed by atoms with Gasteiger partial charge in [0.15, 0.2) is 5.65 Å². The number of hydrogen-bond donors (Lipinski definition) is 2. The van der Waals surface area contributed by atoms with Gasteiger partial charge in [0.1, 0.15) is 0 Å². The maximum Gasteiger partial charge on any atom is 0.240 e. The van der Waals surface area contributed by atoms with Gasteiger partial charge in [0.2, 0.25) is 11.9 Å². The quantitative estimate of drug-likeness (QED) is 0.545. The first-order valence-electron chi connectivity index (χ1n) is 9.75. The molecule has 1 aliphatic carbocycles. The van der Waals surface area contributed by atoms with Gasteiger partial charge in [-0.05, 0) is 65.3 Å². The van der Waals surface area contributed by atoms with Gasteiger partial charge >= 0.3 is 0 Å². The lowest BCUT2D eigenvalue weighted by atomic mass is 10.0. The molecule has 0 bridgehead atoms. The van der Waals surface area contributed by atoms with Crippen molar-refractivity contribution in [2.75, 3.05) is 11.1 Å². The second kappa shape index (κ2) is 7.05. The number of benzene rings is 2. The number of anilines is 2. The molecule has 0 aliphatic heterocycles. The number of carbonyl (C=O) groups is 1. The van der Waals surface area contributed by atoms with Gasteiger partial charge in [-0.15, -0.1) is 5.10 Å². The van der Waals surface area contributed by atoms with Crippen molar-refractivity contribution in [3.05, 3.63) is 78.0 Å². The maximum atomic E-state index is 12.4. The molecule has 6 nitrogen and oxygen atoms in total. The molecule has 0 unspecified atom stereocenters. The number of nitrogens with zero attached hydrogens (tertiary/aromatic N) is 3. The molecule has 6 heteroatoms. The number of rotatable bonds is 5. The van der Waals surface area contributed by atoms with Crippen LogP contribution in [0.1, 0.15) is 29.9 Å². The summed E-state index contributed by atoms with van der Waals surface area (Å²) in [7, 11) is 0. The number of pyridine rings is 1. The number of nitrogens with two attached hydrogens (primary N) is 1. The van der Waals surface area contributed by atoms with Crippen LogP contribution in [-0.2, 0) is 11.2 Å². The van der Waals surface area contributed by atoms with Crippen LogP contribution in [-0.4, -0.2) is 20.5 Å². The van der Waals surface area contributed by atoms with Crippen molar-refractivity contribution in [2.45, 2.75) is 25.2 Å². The zero-order valence-electron chi connectivity index (χ0n) is 15.9. The number of amides is 1. The minimum absolute atomic E-state index is 0.0164. The van der Waals surface area contributed by atoms with Crippen molar-refractivity contribution in [1.29, 1.82) is 0 Å². The van der Waals surface area contributed by atoms with E-state index < -0.39 is 0 Å². The Morgan fingerprint density at radius 2 is 1.79 bits per heavy atom. The lowest BCUT2D eigenvalue weighted by molar-refractivity contribution is -0.115. The molecule has 2 aromatic carbocycles. The van der Waals surface area contributed by atoms with Crippen LogP contribution in [0.2, 0.25) is 0 Å². The van der Waals surface area contributed by atoms with E-state index in [0.29, 0.717) is 12.1 Å². The van der Waals surface area contributed by atoms with Gasteiger partial charge in [-0.25, -0.2) is 4.52 Å². The lowest BCUT2D eigenvalue weighted by Gasteiger charge is -2.08. The fraction of sp³-hybridized carbons (Fsp3) is 0.174. The van der Waals surface area contributed by atoms with Crippen LogP contribution in [0.4, 0.5) is 11.6 Å². The molecule has 1 aliphatic rings. The number of nitrogen functional groups attached to an aromatic ring is 1. The third-order valence-electron chi connectivity index (χ3n) is 5.25. The van der Waals surface area contributed by atoms with Gasteiger partial charge in [-0.3, -0.25) is 4.79 Å². The minimum Gasteiger partial charge on any atom is -0.366 e. The van der Waals surface area contributed by atoms with Crippen LogP contribution in [0, 0.1) is 0 Å². The van der Waals surface area contributed by atoms with Crippen LogP contribution in [0.3, 0.4) is 0 Å². The second-order valence-corrected chi connectivity index (χ2v) is 7.51. The Kier molecular flexibility index (Phi) is 4.24. The lowest BCUT2D eigenvalue weighted by Crippen LogP contribution is -2.14. The first kappa shape index (κ1) is 17.4. The SMILES string of the molecule is Nc1nc2cc(-c3ccc(CC(=O)Nc4ccc(C5CC5)cc4)cc3)ccn2n1. The predicted octanol–water partition coefficient (Wildman–Crippen LogP) is 4.04. The highest BCUT2D eigenvalue weighted by atomic mass is 16.1. The average Bonchev–Trinajstić information content (AvgIpc) is 3.49. The van der Waals surface area contributed by atoms with Crippen LogP contribution in [0.25, 0.3) is 16.8 Å². The highest BCUT2D eigenvalue weighted by Crippen LogP contribution is 2.40. The number of fused-ring (bicyclic) bond motifs is 1. The van der Waals surface area contributed by atoms with E-state index in [9.17, 15) is 4.79 Å². The Morgan fingerprint density at radius 1 is 1.03 bits per heavy atom. The van der Waals surface area contributed by atoms with E-state index in [-0.39, 0.29) is 11.9 Å². The number of carbonyl (C=O) groups excluding carboxylic acids is 1. The van der Waals surface area contributed by atoms with Crippen molar-refractivity contribution in [3.8, 4) is 11.1 Å². The molecule has 0 saturated heterocycles. The maximum absolute atomic E-state index is 12.4. The molecule has 2 heterocycles. The zero-order valence-corrected chi connectivity index (χ0v) is 15.9. The van der Waals surface area contributed by atoms with Gasteiger partial charge in [0, 0.05) is 11.9 Å². The summed E-state index contributed by atoms with van der Waals surface area (Å²) in [5.74, 6) is 0.962. The summed E-state index contributed by atoms with van der Waals surface area (Å²) in [6.45, 7) is 0. The molecule has 2 aromatic heterocycles. The molecule has 0 radical (unpaired) electrons. The summed E-state index contributed by atoms with van der Waals surface area (Å²) in [4.78, 5) is 16.6. The largest absolute Gasteiger partial charge is 0.366 e. The molecule has 1 saturated carbocycles. The molecule has 5 rings (SSSR count). The van der Waals surface area contributed by atoms with Gasteiger partial charge in [-0.1, -0.05) is 36.4 Å². The van der Waals surface area contributed by atoms with Crippen molar-refractivity contribution in [3.63, 3.8) is 0 Å². The summed E-state index contributed by atoms with van der Waals surface area (Å²) in [6.07, 6.45) is 4.74. The summed E-state index contributed by atoms with van der Waals surface area (Å²) < 4.78 is 1.65. The summed E-state index contributed by atoms with van der Waals surface area (Å²) in [6, 6.07) is 20.1. The highest BCUT2D eigenvalue weighted by Gasteiger charge is 2.22.